The molecule has 2 aromatic rings. The number of hydrogen-bond acceptors (Lipinski definition) is 4. The maximum absolute atomic E-state index is 12.3. The predicted molar refractivity (Wildman–Crippen MR) is 116 cm³/mol. The smallest absolute Gasteiger partial charge is 0.234 e. The standard InChI is InChI=1S/C24H32N2O3/c1-28-22-7-3-19(4-8-22)11-14-25-24(27)18-26-15-12-21(13-16-26)17-20-5-9-23(29-2)10-6-20/h3-10,21H,11-18H2,1-2H3,(H,25,27). The van der Waals surface area contributed by atoms with E-state index in [4.69, 9.17) is 9.47 Å². The second kappa shape index (κ2) is 10.9. The maximum atomic E-state index is 12.3. The van der Waals surface area contributed by atoms with E-state index < -0.39 is 0 Å². The Hall–Kier alpha value is -2.53. The number of hydrogen-bond donors (Lipinski definition) is 1. The van der Waals surface area contributed by atoms with E-state index in [0.717, 1.165) is 50.3 Å². The van der Waals surface area contributed by atoms with Crippen molar-refractivity contribution in [2.75, 3.05) is 40.4 Å². The van der Waals surface area contributed by atoms with Crippen LogP contribution < -0.4 is 14.8 Å². The zero-order valence-corrected chi connectivity index (χ0v) is 17.5. The molecular weight excluding hydrogens is 364 g/mol. The first-order chi connectivity index (χ1) is 14.2. The Bertz CT molecular complexity index is 751. The van der Waals surface area contributed by atoms with Crippen LogP contribution in [0.5, 0.6) is 11.5 Å². The number of rotatable bonds is 9. The van der Waals surface area contributed by atoms with Crippen LogP contribution in [0, 0.1) is 5.92 Å². The molecule has 1 aliphatic heterocycles. The summed E-state index contributed by atoms with van der Waals surface area (Å²) >= 11 is 0. The van der Waals surface area contributed by atoms with Crippen LogP contribution in [-0.4, -0.2) is 51.2 Å². The fourth-order valence-corrected chi connectivity index (χ4v) is 3.84. The molecule has 2 aromatic carbocycles. The average molecular weight is 397 g/mol. The van der Waals surface area contributed by atoms with E-state index in [0.29, 0.717) is 19.0 Å². The van der Waals surface area contributed by atoms with E-state index >= 15 is 0 Å². The molecule has 29 heavy (non-hydrogen) atoms. The summed E-state index contributed by atoms with van der Waals surface area (Å²) in [6.07, 6.45) is 4.22. The van der Waals surface area contributed by atoms with Gasteiger partial charge in [-0.2, -0.15) is 0 Å². The van der Waals surface area contributed by atoms with E-state index in [1.165, 1.54) is 11.1 Å². The summed E-state index contributed by atoms with van der Waals surface area (Å²) in [5, 5.41) is 3.05. The highest BCUT2D eigenvalue weighted by Crippen LogP contribution is 2.22. The second-order valence-corrected chi connectivity index (χ2v) is 7.72. The van der Waals surface area contributed by atoms with Gasteiger partial charge in [0.25, 0.3) is 0 Å². The molecule has 5 heteroatoms. The summed E-state index contributed by atoms with van der Waals surface area (Å²) in [5.74, 6) is 2.57. The SMILES string of the molecule is COc1ccc(CCNC(=O)CN2CCC(Cc3ccc(OC)cc3)CC2)cc1. The van der Waals surface area contributed by atoms with Crippen LogP contribution in [0.15, 0.2) is 48.5 Å². The van der Waals surface area contributed by atoms with Gasteiger partial charge in [-0.3, -0.25) is 9.69 Å². The second-order valence-electron chi connectivity index (χ2n) is 7.72. The monoisotopic (exact) mass is 396 g/mol. The van der Waals surface area contributed by atoms with Gasteiger partial charge in [-0.25, -0.2) is 0 Å². The van der Waals surface area contributed by atoms with Crippen molar-refractivity contribution in [1.29, 1.82) is 0 Å². The van der Waals surface area contributed by atoms with E-state index in [1.54, 1.807) is 14.2 Å². The van der Waals surface area contributed by atoms with E-state index in [-0.39, 0.29) is 5.91 Å². The minimum atomic E-state index is 0.118. The molecule has 1 amide bonds. The number of benzene rings is 2. The number of carbonyl (C=O) groups is 1. The molecule has 5 nitrogen and oxygen atoms in total. The van der Waals surface area contributed by atoms with Gasteiger partial charge in [-0.1, -0.05) is 24.3 Å². The molecule has 0 aliphatic carbocycles. The van der Waals surface area contributed by atoms with Crippen LogP contribution in [0.25, 0.3) is 0 Å². The van der Waals surface area contributed by atoms with Gasteiger partial charge in [0.1, 0.15) is 11.5 Å². The summed E-state index contributed by atoms with van der Waals surface area (Å²) in [5.41, 5.74) is 2.56. The van der Waals surface area contributed by atoms with Crippen LogP contribution in [0.3, 0.4) is 0 Å². The quantitative estimate of drug-likeness (QED) is 0.707. The van der Waals surface area contributed by atoms with Gasteiger partial charge >= 0.3 is 0 Å². The number of carbonyl (C=O) groups excluding carboxylic acids is 1. The lowest BCUT2D eigenvalue weighted by Gasteiger charge is -2.31. The van der Waals surface area contributed by atoms with Crippen molar-refractivity contribution >= 4 is 5.91 Å². The molecule has 1 saturated heterocycles. The molecule has 3 rings (SSSR count). The van der Waals surface area contributed by atoms with E-state index in [2.05, 4.69) is 22.3 Å². The van der Waals surface area contributed by atoms with Crippen LogP contribution in [0.2, 0.25) is 0 Å². The highest BCUT2D eigenvalue weighted by Gasteiger charge is 2.21. The third kappa shape index (κ3) is 6.79. The van der Waals surface area contributed by atoms with Crippen molar-refractivity contribution in [1.82, 2.24) is 10.2 Å². The van der Waals surface area contributed by atoms with Gasteiger partial charge < -0.3 is 14.8 Å². The van der Waals surface area contributed by atoms with Gasteiger partial charge in [-0.15, -0.1) is 0 Å². The topological polar surface area (TPSA) is 50.8 Å². The van der Waals surface area contributed by atoms with Crippen molar-refractivity contribution in [2.24, 2.45) is 5.92 Å². The highest BCUT2D eigenvalue weighted by molar-refractivity contribution is 5.78. The third-order valence-electron chi connectivity index (χ3n) is 5.65. The molecule has 1 aliphatic rings. The molecule has 0 spiro atoms. The zero-order chi connectivity index (χ0) is 20.5. The first kappa shape index (κ1) is 21.2. The zero-order valence-electron chi connectivity index (χ0n) is 17.5. The molecule has 0 bridgehead atoms. The third-order valence-corrected chi connectivity index (χ3v) is 5.65. The predicted octanol–water partition coefficient (Wildman–Crippen LogP) is 3.32. The fraction of sp³-hybridized carbons (Fsp3) is 0.458. The number of nitrogens with one attached hydrogen (secondary N) is 1. The lowest BCUT2D eigenvalue weighted by Crippen LogP contribution is -2.42. The number of piperidine rings is 1. The summed E-state index contributed by atoms with van der Waals surface area (Å²) in [7, 11) is 3.36. The Morgan fingerprint density at radius 3 is 2.03 bits per heavy atom. The Morgan fingerprint density at radius 2 is 1.48 bits per heavy atom. The molecule has 1 fully saturated rings. The van der Waals surface area contributed by atoms with Crippen molar-refractivity contribution in [3.63, 3.8) is 0 Å². The molecule has 1 heterocycles. The van der Waals surface area contributed by atoms with Gasteiger partial charge in [-0.05, 0) is 80.1 Å². The molecule has 1 N–H and O–H groups in total. The Morgan fingerprint density at radius 1 is 0.931 bits per heavy atom. The van der Waals surface area contributed by atoms with E-state index in [9.17, 15) is 4.79 Å². The number of likely N-dealkylation sites (tertiary alicyclic amines) is 1. The molecular formula is C24H32N2O3. The number of methoxy groups -OCH3 is 2. The van der Waals surface area contributed by atoms with Crippen molar-refractivity contribution < 1.29 is 14.3 Å². The summed E-state index contributed by atoms with van der Waals surface area (Å²) in [6, 6.07) is 16.3. The molecule has 0 saturated carbocycles. The van der Waals surface area contributed by atoms with E-state index in [1.807, 2.05) is 36.4 Å². The maximum Gasteiger partial charge on any atom is 0.234 e. The average Bonchev–Trinajstić information content (AvgIpc) is 2.76. The lowest BCUT2D eigenvalue weighted by atomic mass is 9.90. The molecule has 0 aromatic heterocycles. The van der Waals surface area contributed by atoms with Crippen LogP contribution in [-0.2, 0) is 17.6 Å². The Labute approximate surface area is 174 Å². The first-order valence-electron chi connectivity index (χ1n) is 10.4. The van der Waals surface area contributed by atoms with Crippen molar-refractivity contribution in [3.05, 3.63) is 59.7 Å². The largest absolute Gasteiger partial charge is 0.497 e. The molecule has 0 unspecified atom stereocenters. The van der Waals surface area contributed by atoms with Crippen molar-refractivity contribution in [3.8, 4) is 11.5 Å². The van der Waals surface area contributed by atoms with Crippen LogP contribution in [0.1, 0.15) is 24.0 Å². The number of amides is 1. The summed E-state index contributed by atoms with van der Waals surface area (Å²) < 4.78 is 10.4. The molecule has 156 valence electrons. The Kier molecular flexibility index (Phi) is 7.94. The summed E-state index contributed by atoms with van der Waals surface area (Å²) in [6.45, 7) is 3.15. The van der Waals surface area contributed by atoms with Gasteiger partial charge in [0, 0.05) is 6.54 Å². The fourth-order valence-electron chi connectivity index (χ4n) is 3.84. The number of ether oxygens (including phenoxy) is 2. The normalized spacial score (nSPS) is 15.1. The van der Waals surface area contributed by atoms with Gasteiger partial charge in [0.15, 0.2) is 0 Å². The number of nitrogens with zero attached hydrogens (tertiary/aromatic N) is 1. The van der Waals surface area contributed by atoms with Crippen LogP contribution in [0.4, 0.5) is 0 Å². The van der Waals surface area contributed by atoms with Crippen LogP contribution >= 0.6 is 0 Å². The summed E-state index contributed by atoms with van der Waals surface area (Å²) in [4.78, 5) is 14.5. The highest BCUT2D eigenvalue weighted by atomic mass is 16.5. The molecule has 0 atom stereocenters. The van der Waals surface area contributed by atoms with Gasteiger partial charge in [0.2, 0.25) is 5.91 Å². The molecule has 0 radical (unpaired) electrons. The lowest BCUT2D eigenvalue weighted by molar-refractivity contribution is -0.122. The Balaban J connectivity index is 1.32. The first-order valence-corrected chi connectivity index (χ1v) is 10.4. The van der Waals surface area contributed by atoms with Gasteiger partial charge in [0.05, 0.1) is 20.8 Å². The van der Waals surface area contributed by atoms with Crippen molar-refractivity contribution in [2.45, 2.75) is 25.7 Å². The minimum absolute atomic E-state index is 0.118. The minimum Gasteiger partial charge on any atom is -0.497 e.